The first-order chi connectivity index (χ1) is 11.6. The van der Waals surface area contributed by atoms with Crippen molar-refractivity contribution in [2.75, 3.05) is 0 Å². The van der Waals surface area contributed by atoms with E-state index in [4.69, 9.17) is 5.11 Å². The molecule has 4 rings (SSSR count). The number of halogens is 1. The van der Waals surface area contributed by atoms with Crippen molar-refractivity contribution in [2.45, 2.75) is 24.8 Å². The second-order valence-corrected chi connectivity index (χ2v) is 6.90. The Labute approximate surface area is 146 Å². The van der Waals surface area contributed by atoms with Gasteiger partial charge in [-0.1, -0.05) is 24.3 Å². The average Bonchev–Trinajstić information content (AvgIpc) is 2.92. The predicted molar refractivity (Wildman–Crippen MR) is 92.8 cm³/mol. The van der Waals surface area contributed by atoms with Crippen LogP contribution in [0.5, 0.6) is 0 Å². The highest BCUT2D eigenvalue weighted by atomic mass is 79.9. The van der Waals surface area contributed by atoms with Crippen LogP contribution < -0.4 is 5.32 Å². The van der Waals surface area contributed by atoms with E-state index in [1.54, 1.807) is 10.7 Å². The molecule has 24 heavy (non-hydrogen) atoms. The van der Waals surface area contributed by atoms with Gasteiger partial charge in [0.15, 0.2) is 5.65 Å². The first-order valence-electron chi connectivity index (χ1n) is 7.68. The summed E-state index contributed by atoms with van der Waals surface area (Å²) in [6.45, 7) is 0. The molecule has 1 aliphatic carbocycles. The van der Waals surface area contributed by atoms with Gasteiger partial charge in [-0.15, -0.1) is 0 Å². The standard InChI is InChI=1S/C17H15BrN4O2/c18-14-9-20-22-10-12(8-19-15(14)22)11-2-4-13(5-3-11)17(6-1-7-17)21-16(23)24/h2-5,8-10,21H,1,6-7H2,(H,23,24). The third-order valence-corrected chi connectivity index (χ3v) is 5.20. The number of carbonyl (C=O) groups is 1. The SMILES string of the molecule is O=C(O)NC1(c2ccc(-c3cnc4c(Br)cnn4c3)cc2)CCC1. The summed E-state index contributed by atoms with van der Waals surface area (Å²) in [5.74, 6) is 0. The van der Waals surface area contributed by atoms with Crippen LogP contribution in [0.4, 0.5) is 4.79 Å². The molecule has 1 fully saturated rings. The van der Waals surface area contributed by atoms with Gasteiger partial charge in [0.1, 0.15) is 0 Å². The lowest BCUT2D eigenvalue weighted by Crippen LogP contribution is -2.50. The van der Waals surface area contributed by atoms with Gasteiger partial charge in [0.25, 0.3) is 0 Å². The van der Waals surface area contributed by atoms with Crippen LogP contribution in [0.1, 0.15) is 24.8 Å². The van der Waals surface area contributed by atoms with Crippen LogP contribution >= 0.6 is 15.9 Å². The van der Waals surface area contributed by atoms with Gasteiger partial charge in [-0.25, -0.2) is 14.3 Å². The summed E-state index contributed by atoms with van der Waals surface area (Å²) < 4.78 is 2.59. The lowest BCUT2D eigenvalue weighted by Gasteiger charge is -2.42. The second-order valence-electron chi connectivity index (χ2n) is 6.05. The Morgan fingerprint density at radius 1 is 1.21 bits per heavy atom. The van der Waals surface area contributed by atoms with Crippen molar-refractivity contribution < 1.29 is 9.90 Å². The zero-order chi connectivity index (χ0) is 16.7. The summed E-state index contributed by atoms with van der Waals surface area (Å²) >= 11 is 3.41. The van der Waals surface area contributed by atoms with Gasteiger partial charge < -0.3 is 10.4 Å². The number of carboxylic acid groups (broad SMARTS) is 1. The molecule has 1 amide bonds. The molecule has 0 atom stereocenters. The van der Waals surface area contributed by atoms with Gasteiger partial charge >= 0.3 is 6.09 Å². The quantitative estimate of drug-likeness (QED) is 0.717. The topological polar surface area (TPSA) is 79.5 Å². The molecule has 122 valence electrons. The van der Waals surface area contributed by atoms with E-state index in [-0.39, 0.29) is 0 Å². The summed E-state index contributed by atoms with van der Waals surface area (Å²) in [5.41, 5.74) is 3.33. The number of fused-ring (bicyclic) bond motifs is 1. The minimum atomic E-state index is -0.974. The lowest BCUT2D eigenvalue weighted by atomic mass is 9.71. The highest BCUT2D eigenvalue weighted by Crippen LogP contribution is 2.41. The van der Waals surface area contributed by atoms with E-state index in [1.807, 2.05) is 36.7 Å². The van der Waals surface area contributed by atoms with Crippen LogP contribution in [0.25, 0.3) is 16.8 Å². The molecule has 1 aromatic carbocycles. The van der Waals surface area contributed by atoms with Gasteiger partial charge in [0.2, 0.25) is 0 Å². The fraction of sp³-hybridized carbons (Fsp3) is 0.235. The molecular formula is C17H15BrN4O2. The van der Waals surface area contributed by atoms with Crippen molar-refractivity contribution in [1.82, 2.24) is 19.9 Å². The number of benzene rings is 1. The van der Waals surface area contributed by atoms with E-state index >= 15 is 0 Å². The predicted octanol–water partition coefficient (Wildman–Crippen LogP) is 3.81. The molecule has 0 spiro atoms. The summed E-state index contributed by atoms with van der Waals surface area (Å²) in [5, 5.41) is 16.0. The maximum absolute atomic E-state index is 11.1. The van der Waals surface area contributed by atoms with E-state index < -0.39 is 11.6 Å². The molecule has 3 aromatic rings. The molecule has 7 heteroatoms. The van der Waals surface area contributed by atoms with Gasteiger partial charge in [-0.2, -0.15) is 5.10 Å². The second kappa shape index (κ2) is 5.59. The average molecular weight is 387 g/mol. The fourth-order valence-electron chi connectivity index (χ4n) is 3.20. The monoisotopic (exact) mass is 386 g/mol. The molecule has 2 aromatic heterocycles. The van der Waals surface area contributed by atoms with Gasteiger partial charge in [0, 0.05) is 18.0 Å². The molecule has 2 heterocycles. The summed E-state index contributed by atoms with van der Waals surface area (Å²) in [7, 11) is 0. The van der Waals surface area contributed by atoms with Crippen LogP contribution in [0, 0.1) is 0 Å². The van der Waals surface area contributed by atoms with E-state index in [1.165, 1.54) is 0 Å². The van der Waals surface area contributed by atoms with Crippen molar-refractivity contribution in [1.29, 1.82) is 0 Å². The Bertz CT molecular complexity index is 916. The Balaban J connectivity index is 1.66. The van der Waals surface area contributed by atoms with E-state index in [2.05, 4.69) is 31.3 Å². The number of nitrogens with zero attached hydrogens (tertiary/aromatic N) is 3. The van der Waals surface area contributed by atoms with Crippen molar-refractivity contribution in [3.8, 4) is 11.1 Å². The van der Waals surface area contributed by atoms with E-state index in [0.29, 0.717) is 0 Å². The number of hydrogen-bond donors (Lipinski definition) is 2. The highest BCUT2D eigenvalue weighted by Gasteiger charge is 2.40. The van der Waals surface area contributed by atoms with Gasteiger partial charge in [-0.05, 0) is 46.3 Å². The molecular weight excluding hydrogens is 372 g/mol. The number of aromatic nitrogens is 3. The zero-order valence-corrected chi connectivity index (χ0v) is 14.3. The van der Waals surface area contributed by atoms with E-state index in [0.717, 1.165) is 46.1 Å². The van der Waals surface area contributed by atoms with Gasteiger partial charge in [-0.3, -0.25) is 0 Å². The normalized spacial score (nSPS) is 15.9. The summed E-state index contributed by atoms with van der Waals surface area (Å²) in [6, 6.07) is 7.99. The number of hydrogen-bond acceptors (Lipinski definition) is 3. The Morgan fingerprint density at radius 2 is 1.96 bits per heavy atom. The summed E-state index contributed by atoms with van der Waals surface area (Å²) in [6.07, 6.45) is 7.20. The number of rotatable bonds is 3. The first-order valence-corrected chi connectivity index (χ1v) is 8.48. The van der Waals surface area contributed by atoms with Crippen molar-refractivity contribution in [3.63, 3.8) is 0 Å². The molecule has 0 saturated heterocycles. The highest BCUT2D eigenvalue weighted by molar-refractivity contribution is 9.10. The fourth-order valence-corrected chi connectivity index (χ4v) is 3.57. The molecule has 1 aliphatic rings. The van der Waals surface area contributed by atoms with E-state index in [9.17, 15) is 4.79 Å². The first kappa shape index (κ1) is 15.1. The van der Waals surface area contributed by atoms with Crippen LogP contribution in [-0.2, 0) is 5.54 Å². The minimum Gasteiger partial charge on any atom is -0.465 e. The molecule has 2 N–H and O–H groups in total. The van der Waals surface area contributed by atoms with Crippen LogP contribution in [0.2, 0.25) is 0 Å². The third-order valence-electron chi connectivity index (χ3n) is 4.64. The number of amides is 1. The van der Waals surface area contributed by atoms with Crippen molar-refractivity contribution in [2.24, 2.45) is 0 Å². The Hall–Kier alpha value is -2.41. The maximum atomic E-state index is 11.1. The molecule has 0 aliphatic heterocycles. The maximum Gasteiger partial charge on any atom is 0.405 e. The summed E-state index contributed by atoms with van der Waals surface area (Å²) in [4.78, 5) is 15.5. The van der Waals surface area contributed by atoms with Gasteiger partial charge in [0.05, 0.1) is 16.2 Å². The molecule has 0 unspecified atom stereocenters. The largest absolute Gasteiger partial charge is 0.465 e. The van der Waals surface area contributed by atoms with Crippen LogP contribution in [-0.4, -0.2) is 25.8 Å². The molecule has 1 saturated carbocycles. The van der Waals surface area contributed by atoms with Crippen LogP contribution in [0.3, 0.4) is 0 Å². The number of nitrogens with one attached hydrogen (secondary N) is 1. The third kappa shape index (κ3) is 2.45. The lowest BCUT2D eigenvalue weighted by molar-refractivity contribution is 0.144. The van der Waals surface area contributed by atoms with Crippen LogP contribution in [0.15, 0.2) is 47.3 Å². The smallest absolute Gasteiger partial charge is 0.405 e. The zero-order valence-electron chi connectivity index (χ0n) is 12.7. The Kier molecular flexibility index (Phi) is 3.53. The molecule has 6 nitrogen and oxygen atoms in total. The minimum absolute atomic E-state index is 0.431. The van der Waals surface area contributed by atoms with Crippen molar-refractivity contribution in [3.05, 3.63) is 52.9 Å². The Morgan fingerprint density at radius 3 is 2.58 bits per heavy atom. The molecule has 0 bridgehead atoms. The van der Waals surface area contributed by atoms with Crippen molar-refractivity contribution >= 4 is 27.7 Å². The molecule has 0 radical (unpaired) electrons.